The van der Waals surface area contributed by atoms with Crippen LogP contribution in [-0.4, -0.2) is 34.0 Å². The van der Waals surface area contributed by atoms with Gasteiger partial charge in [0, 0.05) is 25.9 Å². The van der Waals surface area contributed by atoms with Crippen LogP contribution in [0.4, 0.5) is 11.6 Å². The lowest BCUT2D eigenvalue weighted by Gasteiger charge is -2.13. The number of pyridine rings is 2. The van der Waals surface area contributed by atoms with E-state index in [1.165, 1.54) is 6.33 Å². The predicted octanol–water partition coefficient (Wildman–Crippen LogP) is 3.40. The smallest absolute Gasteiger partial charge is 0.165 e. The van der Waals surface area contributed by atoms with Crippen molar-refractivity contribution in [3.63, 3.8) is 0 Å². The third-order valence-corrected chi connectivity index (χ3v) is 4.22. The summed E-state index contributed by atoms with van der Waals surface area (Å²) in [6.07, 6.45) is 3.26. The van der Waals surface area contributed by atoms with Crippen molar-refractivity contribution in [3.8, 4) is 22.4 Å². The zero-order valence-corrected chi connectivity index (χ0v) is 14.6. The Morgan fingerprint density at radius 1 is 0.885 bits per heavy atom. The molecule has 0 saturated carbocycles. The second kappa shape index (κ2) is 6.40. The second-order valence-corrected chi connectivity index (χ2v) is 6.18. The summed E-state index contributed by atoms with van der Waals surface area (Å²) >= 11 is 0. The SMILES string of the molecule is CN(C)c1ccc(-c2cc(-c3ccccc3)c3c(N)ncnc3n2)cn1. The van der Waals surface area contributed by atoms with Gasteiger partial charge in [-0.3, -0.25) is 0 Å². The highest BCUT2D eigenvalue weighted by atomic mass is 15.1. The van der Waals surface area contributed by atoms with Gasteiger partial charge in [-0.05, 0) is 29.3 Å². The van der Waals surface area contributed by atoms with Gasteiger partial charge in [-0.1, -0.05) is 30.3 Å². The number of anilines is 2. The van der Waals surface area contributed by atoms with Crippen LogP contribution in [0.3, 0.4) is 0 Å². The lowest BCUT2D eigenvalue weighted by Crippen LogP contribution is -2.10. The van der Waals surface area contributed by atoms with Crippen LogP contribution < -0.4 is 10.6 Å². The molecule has 0 aliphatic heterocycles. The number of fused-ring (bicyclic) bond motifs is 1. The van der Waals surface area contributed by atoms with Crippen LogP contribution in [0.25, 0.3) is 33.4 Å². The van der Waals surface area contributed by atoms with Gasteiger partial charge in [0.1, 0.15) is 18.0 Å². The molecule has 26 heavy (non-hydrogen) atoms. The van der Waals surface area contributed by atoms with Crippen molar-refractivity contribution in [1.29, 1.82) is 0 Å². The van der Waals surface area contributed by atoms with Crippen LogP contribution in [0.15, 0.2) is 61.1 Å². The van der Waals surface area contributed by atoms with Crippen LogP contribution in [0.2, 0.25) is 0 Å². The summed E-state index contributed by atoms with van der Waals surface area (Å²) in [5.41, 5.74) is 10.4. The number of aromatic nitrogens is 4. The minimum Gasteiger partial charge on any atom is -0.383 e. The molecule has 3 aromatic heterocycles. The topological polar surface area (TPSA) is 80.8 Å². The van der Waals surface area contributed by atoms with E-state index < -0.39 is 0 Å². The zero-order valence-electron chi connectivity index (χ0n) is 14.6. The van der Waals surface area contributed by atoms with Gasteiger partial charge in [-0.2, -0.15) is 0 Å². The molecule has 1 aromatic carbocycles. The third-order valence-electron chi connectivity index (χ3n) is 4.22. The molecule has 4 rings (SSSR count). The van der Waals surface area contributed by atoms with Crippen molar-refractivity contribution in [1.82, 2.24) is 19.9 Å². The number of hydrogen-bond donors (Lipinski definition) is 1. The first-order valence-corrected chi connectivity index (χ1v) is 8.24. The van der Waals surface area contributed by atoms with E-state index in [9.17, 15) is 0 Å². The van der Waals surface area contributed by atoms with E-state index in [0.717, 1.165) is 33.6 Å². The maximum Gasteiger partial charge on any atom is 0.165 e. The second-order valence-electron chi connectivity index (χ2n) is 6.18. The van der Waals surface area contributed by atoms with E-state index in [2.05, 4.69) is 19.9 Å². The van der Waals surface area contributed by atoms with Gasteiger partial charge in [0.25, 0.3) is 0 Å². The average molecular weight is 342 g/mol. The highest BCUT2D eigenvalue weighted by molar-refractivity contribution is 6.00. The molecule has 0 amide bonds. The first-order valence-electron chi connectivity index (χ1n) is 8.24. The van der Waals surface area contributed by atoms with Gasteiger partial charge in [-0.25, -0.2) is 19.9 Å². The fourth-order valence-corrected chi connectivity index (χ4v) is 2.88. The molecule has 0 saturated heterocycles. The number of nitrogen functional groups attached to an aromatic ring is 1. The summed E-state index contributed by atoms with van der Waals surface area (Å²) in [6, 6.07) is 16.1. The first-order chi connectivity index (χ1) is 12.6. The monoisotopic (exact) mass is 342 g/mol. The third kappa shape index (κ3) is 2.82. The van der Waals surface area contributed by atoms with Gasteiger partial charge in [0.15, 0.2) is 5.65 Å². The number of hydrogen-bond acceptors (Lipinski definition) is 6. The van der Waals surface area contributed by atoms with E-state index in [4.69, 9.17) is 5.73 Å². The summed E-state index contributed by atoms with van der Waals surface area (Å²) in [7, 11) is 3.92. The maximum atomic E-state index is 6.13. The Hall–Kier alpha value is -3.54. The van der Waals surface area contributed by atoms with E-state index >= 15 is 0 Å². The van der Waals surface area contributed by atoms with Gasteiger partial charge in [-0.15, -0.1) is 0 Å². The maximum absolute atomic E-state index is 6.13. The molecule has 0 aliphatic carbocycles. The normalized spacial score (nSPS) is 10.8. The molecule has 0 radical (unpaired) electrons. The van der Waals surface area contributed by atoms with Crippen molar-refractivity contribution in [3.05, 3.63) is 61.1 Å². The Labute approximate surface area is 151 Å². The summed E-state index contributed by atoms with van der Waals surface area (Å²) in [5.74, 6) is 1.32. The van der Waals surface area contributed by atoms with E-state index in [-0.39, 0.29) is 0 Å². The molecule has 4 aromatic rings. The number of benzene rings is 1. The molecular weight excluding hydrogens is 324 g/mol. The highest BCUT2D eigenvalue weighted by Gasteiger charge is 2.13. The van der Waals surface area contributed by atoms with Crippen molar-refractivity contribution in [2.45, 2.75) is 0 Å². The van der Waals surface area contributed by atoms with Crippen LogP contribution in [0, 0.1) is 0 Å². The van der Waals surface area contributed by atoms with Crippen LogP contribution in [0.5, 0.6) is 0 Å². The summed E-state index contributed by atoms with van der Waals surface area (Å²) in [4.78, 5) is 19.6. The quantitative estimate of drug-likeness (QED) is 0.614. The molecule has 128 valence electrons. The number of nitrogens with zero attached hydrogens (tertiary/aromatic N) is 5. The fraction of sp³-hybridized carbons (Fsp3) is 0.100. The predicted molar refractivity (Wildman–Crippen MR) is 105 cm³/mol. The molecule has 0 aliphatic rings. The Bertz CT molecular complexity index is 1060. The van der Waals surface area contributed by atoms with Crippen LogP contribution in [-0.2, 0) is 0 Å². The molecular formula is C20H18N6. The van der Waals surface area contributed by atoms with E-state index in [1.807, 2.05) is 73.7 Å². The largest absolute Gasteiger partial charge is 0.383 e. The van der Waals surface area contributed by atoms with Crippen molar-refractivity contribution >= 4 is 22.7 Å². The molecule has 6 nitrogen and oxygen atoms in total. The molecule has 3 heterocycles. The van der Waals surface area contributed by atoms with Crippen molar-refractivity contribution in [2.24, 2.45) is 0 Å². The minimum absolute atomic E-state index is 0.425. The van der Waals surface area contributed by atoms with Crippen molar-refractivity contribution in [2.75, 3.05) is 24.7 Å². The molecule has 0 fully saturated rings. The number of rotatable bonds is 3. The Kier molecular flexibility index (Phi) is 3.93. The molecule has 6 heteroatoms. The lowest BCUT2D eigenvalue weighted by atomic mass is 10.0. The van der Waals surface area contributed by atoms with E-state index in [0.29, 0.717) is 11.5 Å². The van der Waals surface area contributed by atoms with Gasteiger partial charge in [0.05, 0.1) is 11.1 Å². The van der Waals surface area contributed by atoms with Gasteiger partial charge < -0.3 is 10.6 Å². The van der Waals surface area contributed by atoms with Crippen LogP contribution >= 0.6 is 0 Å². The molecule has 0 bridgehead atoms. The molecule has 0 atom stereocenters. The lowest BCUT2D eigenvalue weighted by molar-refractivity contribution is 1.07. The van der Waals surface area contributed by atoms with E-state index in [1.54, 1.807) is 0 Å². The Balaban J connectivity index is 1.95. The average Bonchev–Trinajstić information content (AvgIpc) is 2.68. The minimum atomic E-state index is 0.425. The highest BCUT2D eigenvalue weighted by Crippen LogP contribution is 2.33. The van der Waals surface area contributed by atoms with Gasteiger partial charge >= 0.3 is 0 Å². The molecule has 2 N–H and O–H groups in total. The fourth-order valence-electron chi connectivity index (χ4n) is 2.88. The summed E-state index contributed by atoms with van der Waals surface area (Å²) < 4.78 is 0. The Morgan fingerprint density at radius 3 is 2.38 bits per heavy atom. The molecule has 0 unspecified atom stereocenters. The van der Waals surface area contributed by atoms with Crippen LogP contribution in [0.1, 0.15) is 0 Å². The first kappa shape index (κ1) is 16.0. The molecule has 0 spiro atoms. The standard InChI is InChI=1S/C20H18N6/c1-26(2)17-9-8-14(11-22-17)16-10-15(13-6-4-3-5-7-13)18-19(21)23-12-24-20(18)25-16/h3-12H,1-2H3,(H2,21,23,24,25). The zero-order chi connectivity index (χ0) is 18.1. The van der Waals surface area contributed by atoms with Crippen molar-refractivity contribution < 1.29 is 0 Å². The summed E-state index contributed by atoms with van der Waals surface area (Å²) in [5, 5.41) is 0.764. The summed E-state index contributed by atoms with van der Waals surface area (Å²) in [6.45, 7) is 0. The Morgan fingerprint density at radius 2 is 1.69 bits per heavy atom. The van der Waals surface area contributed by atoms with Gasteiger partial charge in [0.2, 0.25) is 0 Å². The number of nitrogens with two attached hydrogens (primary N) is 1.